The molecule has 1 amide bonds. The Morgan fingerprint density at radius 1 is 1.06 bits per heavy atom. The van der Waals surface area contributed by atoms with E-state index >= 15 is 0 Å². The third kappa shape index (κ3) is 5.62. The lowest BCUT2D eigenvalue weighted by atomic mass is 10.2. The lowest BCUT2D eigenvalue weighted by molar-refractivity contribution is 0.102. The minimum atomic E-state index is -3.79. The van der Waals surface area contributed by atoms with E-state index in [1.165, 1.54) is 12.3 Å². The largest absolute Gasteiger partial charge is 0.491 e. The molecule has 164 valence electrons. The van der Waals surface area contributed by atoms with Crippen LogP contribution in [0.25, 0.3) is 0 Å². The fraction of sp³-hybridized carbons (Fsp3) is 0.238. The molecule has 0 saturated heterocycles. The maximum Gasteiger partial charge on any atom is 0.261 e. The minimum absolute atomic E-state index is 0.115. The van der Waals surface area contributed by atoms with Gasteiger partial charge >= 0.3 is 0 Å². The topological polar surface area (TPSA) is 120 Å². The number of nitrogens with zero attached hydrogens (tertiary/aromatic N) is 1. The molecule has 31 heavy (non-hydrogen) atoms. The lowest BCUT2D eigenvalue weighted by Crippen LogP contribution is -2.14. The second kappa shape index (κ2) is 9.63. The summed E-state index contributed by atoms with van der Waals surface area (Å²) >= 11 is 0. The molecular formula is C21H23N3O6S. The molecule has 0 fully saturated rings. The van der Waals surface area contributed by atoms with E-state index < -0.39 is 10.0 Å². The Morgan fingerprint density at radius 2 is 1.77 bits per heavy atom. The van der Waals surface area contributed by atoms with E-state index in [4.69, 9.17) is 14.0 Å². The summed E-state index contributed by atoms with van der Waals surface area (Å²) in [6.45, 7) is 4.23. The van der Waals surface area contributed by atoms with Gasteiger partial charge in [-0.25, -0.2) is 8.42 Å². The van der Waals surface area contributed by atoms with E-state index in [0.29, 0.717) is 47.2 Å². The van der Waals surface area contributed by atoms with Gasteiger partial charge in [-0.15, -0.1) is 0 Å². The summed E-state index contributed by atoms with van der Waals surface area (Å²) in [5, 5.41) is 6.27. The van der Waals surface area contributed by atoms with Gasteiger partial charge in [0.2, 0.25) is 0 Å². The zero-order chi connectivity index (χ0) is 22.4. The van der Waals surface area contributed by atoms with Crippen molar-refractivity contribution in [3.8, 4) is 5.75 Å². The van der Waals surface area contributed by atoms with Gasteiger partial charge in [0, 0.05) is 18.5 Å². The predicted molar refractivity (Wildman–Crippen MR) is 115 cm³/mol. The maximum absolute atomic E-state index is 12.7. The molecule has 9 nitrogen and oxygen atoms in total. The summed E-state index contributed by atoms with van der Waals surface area (Å²) in [4.78, 5) is 12.3. The molecule has 0 aliphatic rings. The average Bonchev–Trinajstić information content (AvgIpc) is 3.16. The first-order chi connectivity index (χ1) is 14.8. The first kappa shape index (κ1) is 22.3. The van der Waals surface area contributed by atoms with E-state index in [-0.39, 0.29) is 10.8 Å². The lowest BCUT2D eigenvalue weighted by Gasteiger charge is -2.12. The van der Waals surface area contributed by atoms with Crippen LogP contribution in [0.2, 0.25) is 0 Å². The van der Waals surface area contributed by atoms with Crippen molar-refractivity contribution in [2.45, 2.75) is 18.7 Å². The van der Waals surface area contributed by atoms with Gasteiger partial charge in [0.1, 0.15) is 23.7 Å². The van der Waals surface area contributed by atoms with Crippen molar-refractivity contribution >= 4 is 27.3 Å². The highest BCUT2D eigenvalue weighted by Gasteiger charge is 2.17. The van der Waals surface area contributed by atoms with Crippen LogP contribution in [0, 0.1) is 13.8 Å². The van der Waals surface area contributed by atoms with Crippen LogP contribution >= 0.6 is 0 Å². The van der Waals surface area contributed by atoms with Gasteiger partial charge in [0.15, 0.2) is 0 Å². The molecule has 0 saturated carbocycles. The molecule has 0 atom stereocenters. The van der Waals surface area contributed by atoms with Crippen molar-refractivity contribution < 1.29 is 27.2 Å². The normalized spacial score (nSPS) is 11.2. The number of nitrogens with one attached hydrogen (secondary N) is 2. The molecule has 2 aromatic carbocycles. The van der Waals surface area contributed by atoms with E-state index in [9.17, 15) is 13.2 Å². The summed E-state index contributed by atoms with van der Waals surface area (Å²) in [7, 11) is -2.21. The number of rotatable bonds is 9. The summed E-state index contributed by atoms with van der Waals surface area (Å²) in [6, 6.07) is 10.9. The molecule has 0 spiro atoms. The van der Waals surface area contributed by atoms with Crippen LogP contribution in [0.15, 0.2) is 58.1 Å². The van der Waals surface area contributed by atoms with Crippen LogP contribution in [0.4, 0.5) is 11.4 Å². The van der Waals surface area contributed by atoms with Gasteiger partial charge in [-0.3, -0.25) is 9.52 Å². The Labute approximate surface area is 180 Å². The Kier molecular flexibility index (Phi) is 6.93. The van der Waals surface area contributed by atoms with Crippen LogP contribution in [0.1, 0.15) is 21.7 Å². The van der Waals surface area contributed by atoms with Crippen LogP contribution in [-0.4, -0.2) is 39.8 Å². The van der Waals surface area contributed by atoms with E-state index in [2.05, 4.69) is 15.2 Å². The van der Waals surface area contributed by atoms with Gasteiger partial charge in [-0.1, -0.05) is 5.16 Å². The van der Waals surface area contributed by atoms with Crippen LogP contribution in [0.3, 0.4) is 0 Å². The van der Waals surface area contributed by atoms with Gasteiger partial charge < -0.3 is 19.3 Å². The number of hydrogen-bond acceptors (Lipinski definition) is 7. The number of amides is 1. The Balaban J connectivity index is 1.66. The van der Waals surface area contributed by atoms with Gasteiger partial charge in [-0.05, 0) is 61.9 Å². The molecule has 0 aliphatic carbocycles. The molecule has 1 heterocycles. The smallest absolute Gasteiger partial charge is 0.261 e. The number of aryl methyl sites for hydroxylation is 2. The highest BCUT2D eigenvalue weighted by atomic mass is 32.2. The van der Waals surface area contributed by atoms with E-state index in [0.717, 1.165) is 0 Å². The van der Waals surface area contributed by atoms with Crippen molar-refractivity contribution in [2.75, 3.05) is 30.4 Å². The molecule has 3 aromatic rings. The highest BCUT2D eigenvalue weighted by molar-refractivity contribution is 7.92. The van der Waals surface area contributed by atoms with Crippen molar-refractivity contribution in [1.82, 2.24) is 5.16 Å². The van der Waals surface area contributed by atoms with Crippen molar-refractivity contribution in [1.29, 1.82) is 0 Å². The first-order valence-electron chi connectivity index (χ1n) is 9.38. The van der Waals surface area contributed by atoms with Crippen LogP contribution in [0.5, 0.6) is 5.75 Å². The molecule has 0 aliphatic heterocycles. The number of benzene rings is 2. The summed E-state index contributed by atoms with van der Waals surface area (Å²) < 4.78 is 43.3. The maximum atomic E-state index is 12.7. The Morgan fingerprint density at radius 3 is 2.39 bits per heavy atom. The van der Waals surface area contributed by atoms with E-state index in [1.807, 2.05) is 0 Å². The standard InChI is InChI=1S/C21H23N3O6S/c1-14-12-18(8-9-20(14)29-11-10-28-3)31(26,27)24-17-6-4-16(5-7-17)23-21(25)19-13-22-30-15(19)2/h4-9,12-13,24H,10-11H2,1-3H3,(H,23,25). The Hall–Kier alpha value is -3.37. The third-order valence-electron chi connectivity index (χ3n) is 4.39. The minimum Gasteiger partial charge on any atom is -0.491 e. The first-order valence-corrected chi connectivity index (χ1v) is 10.9. The third-order valence-corrected chi connectivity index (χ3v) is 5.77. The molecule has 0 radical (unpaired) electrons. The average molecular weight is 445 g/mol. The SMILES string of the molecule is COCCOc1ccc(S(=O)(=O)Nc2ccc(NC(=O)c3cnoc3C)cc2)cc1C. The summed E-state index contributed by atoms with van der Waals surface area (Å²) in [5.41, 5.74) is 1.88. The molecule has 2 N–H and O–H groups in total. The predicted octanol–water partition coefficient (Wildman–Crippen LogP) is 3.37. The van der Waals surface area contributed by atoms with Crippen molar-refractivity contribution in [2.24, 2.45) is 0 Å². The number of carbonyl (C=O) groups excluding carboxylic acids is 1. The summed E-state index contributed by atoms with van der Waals surface area (Å²) in [5.74, 6) is 0.641. The number of carbonyl (C=O) groups is 1. The van der Waals surface area contributed by atoms with Crippen molar-refractivity contribution in [3.05, 3.63) is 65.5 Å². The fourth-order valence-corrected chi connectivity index (χ4v) is 3.88. The van der Waals surface area contributed by atoms with Crippen LogP contribution < -0.4 is 14.8 Å². The number of anilines is 2. The van der Waals surface area contributed by atoms with Gasteiger partial charge in [0.05, 0.1) is 17.7 Å². The number of methoxy groups -OCH3 is 1. The zero-order valence-corrected chi connectivity index (χ0v) is 18.2. The molecule has 0 bridgehead atoms. The number of ether oxygens (including phenoxy) is 2. The molecule has 1 aromatic heterocycles. The summed E-state index contributed by atoms with van der Waals surface area (Å²) in [6.07, 6.45) is 1.34. The van der Waals surface area contributed by atoms with Crippen molar-refractivity contribution in [3.63, 3.8) is 0 Å². The second-order valence-electron chi connectivity index (χ2n) is 6.70. The highest BCUT2D eigenvalue weighted by Crippen LogP contribution is 2.24. The Bertz CT molecular complexity index is 1160. The molecule has 3 rings (SSSR count). The van der Waals surface area contributed by atoms with E-state index in [1.54, 1.807) is 57.4 Å². The number of hydrogen-bond donors (Lipinski definition) is 2. The monoisotopic (exact) mass is 445 g/mol. The fourth-order valence-electron chi connectivity index (χ4n) is 2.74. The molecule has 10 heteroatoms. The second-order valence-corrected chi connectivity index (χ2v) is 8.38. The zero-order valence-electron chi connectivity index (χ0n) is 17.3. The molecule has 0 unspecified atom stereocenters. The number of sulfonamides is 1. The van der Waals surface area contributed by atoms with Crippen LogP contribution in [-0.2, 0) is 14.8 Å². The number of aromatic nitrogens is 1. The van der Waals surface area contributed by atoms with Gasteiger partial charge in [-0.2, -0.15) is 0 Å². The molecular weight excluding hydrogens is 422 g/mol. The van der Waals surface area contributed by atoms with Gasteiger partial charge in [0.25, 0.3) is 15.9 Å². The quantitative estimate of drug-likeness (QED) is 0.485.